The molecule has 1 saturated heterocycles. The van der Waals surface area contributed by atoms with E-state index < -0.39 is 0 Å². The summed E-state index contributed by atoms with van der Waals surface area (Å²) in [6.07, 6.45) is 2.56. The Hall–Kier alpha value is -3.47. The van der Waals surface area contributed by atoms with Crippen LogP contribution in [0.3, 0.4) is 0 Å². The third kappa shape index (κ3) is 4.51. The smallest absolute Gasteiger partial charge is 0.259 e. The molecule has 0 bridgehead atoms. The third-order valence-electron chi connectivity index (χ3n) is 5.12. The number of nitrogens with zero attached hydrogens (tertiary/aromatic N) is 1. The second-order valence-electron chi connectivity index (χ2n) is 7.10. The molecule has 4 rings (SSSR count). The van der Waals surface area contributed by atoms with Gasteiger partial charge in [0.05, 0.1) is 12.7 Å². The molecule has 0 atom stereocenters. The molecule has 0 saturated carbocycles. The molecular weight excluding hydrogens is 362 g/mol. The number of hydrogen-bond donors (Lipinski definition) is 2. The summed E-state index contributed by atoms with van der Waals surface area (Å²) < 4.78 is 5.26. The number of benzene rings is 3. The number of ether oxygens (including phenoxy) is 1. The Bertz CT molecular complexity index is 962. The van der Waals surface area contributed by atoms with Crippen molar-refractivity contribution in [2.75, 3.05) is 35.7 Å². The highest BCUT2D eigenvalue weighted by atomic mass is 16.5. The average molecular weight is 387 g/mol. The molecule has 3 aromatic rings. The van der Waals surface area contributed by atoms with Gasteiger partial charge in [-0.1, -0.05) is 12.1 Å². The summed E-state index contributed by atoms with van der Waals surface area (Å²) >= 11 is 0. The van der Waals surface area contributed by atoms with Crippen LogP contribution in [0.4, 0.5) is 22.7 Å². The van der Waals surface area contributed by atoms with E-state index in [1.807, 2.05) is 36.4 Å². The topological polar surface area (TPSA) is 53.6 Å². The van der Waals surface area contributed by atoms with Gasteiger partial charge in [0.1, 0.15) is 5.75 Å². The van der Waals surface area contributed by atoms with Crippen molar-refractivity contribution in [2.45, 2.75) is 12.8 Å². The van der Waals surface area contributed by atoms with Gasteiger partial charge in [0.15, 0.2) is 0 Å². The maximum Gasteiger partial charge on any atom is 0.259 e. The lowest BCUT2D eigenvalue weighted by atomic mass is 10.2. The minimum atomic E-state index is -0.194. The molecular formula is C24H25N3O2. The molecule has 1 aliphatic heterocycles. The predicted octanol–water partition coefficient (Wildman–Crippen LogP) is 5.29. The number of hydrogen-bond acceptors (Lipinski definition) is 4. The van der Waals surface area contributed by atoms with Crippen LogP contribution in [0.2, 0.25) is 0 Å². The molecule has 1 heterocycles. The number of anilines is 4. The van der Waals surface area contributed by atoms with E-state index in [0.29, 0.717) is 11.3 Å². The zero-order valence-electron chi connectivity index (χ0n) is 16.5. The molecule has 0 unspecified atom stereocenters. The average Bonchev–Trinajstić information content (AvgIpc) is 3.30. The first kappa shape index (κ1) is 18.9. The minimum Gasteiger partial charge on any atom is -0.496 e. The van der Waals surface area contributed by atoms with Crippen molar-refractivity contribution in [3.8, 4) is 5.75 Å². The van der Waals surface area contributed by atoms with Crippen molar-refractivity contribution in [3.63, 3.8) is 0 Å². The Morgan fingerprint density at radius 3 is 2.07 bits per heavy atom. The molecule has 0 aromatic heterocycles. The van der Waals surface area contributed by atoms with Crippen LogP contribution in [0, 0.1) is 0 Å². The standard InChI is InChI=1S/C24H25N3O2/c1-29-23-7-3-2-6-22(23)24(28)26-20-10-8-18(9-11-20)25-19-12-14-21(15-13-19)27-16-4-5-17-27/h2-3,6-15,25H,4-5,16-17H2,1H3,(H,26,28). The van der Waals surface area contributed by atoms with Crippen molar-refractivity contribution < 1.29 is 9.53 Å². The van der Waals surface area contributed by atoms with Gasteiger partial charge in [-0.15, -0.1) is 0 Å². The van der Waals surface area contributed by atoms with E-state index in [1.165, 1.54) is 18.5 Å². The van der Waals surface area contributed by atoms with Crippen LogP contribution in [0.25, 0.3) is 0 Å². The fourth-order valence-electron chi connectivity index (χ4n) is 3.57. The normalized spacial score (nSPS) is 13.2. The van der Waals surface area contributed by atoms with Crippen LogP contribution in [-0.4, -0.2) is 26.1 Å². The Balaban J connectivity index is 1.38. The Labute approximate surface area is 171 Å². The van der Waals surface area contributed by atoms with E-state index in [0.717, 1.165) is 30.2 Å². The predicted molar refractivity (Wildman–Crippen MR) is 119 cm³/mol. The van der Waals surface area contributed by atoms with Gasteiger partial charge < -0.3 is 20.3 Å². The van der Waals surface area contributed by atoms with Crippen molar-refractivity contribution >= 4 is 28.7 Å². The van der Waals surface area contributed by atoms with Gasteiger partial charge in [-0.25, -0.2) is 0 Å². The molecule has 0 aliphatic carbocycles. The van der Waals surface area contributed by atoms with Gasteiger partial charge in [-0.05, 0) is 73.5 Å². The fourth-order valence-corrected chi connectivity index (χ4v) is 3.57. The highest BCUT2D eigenvalue weighted by molar-refractivity contribution is 6.06. The van der Waals surface area contributed by atoms with Gasteiger partial charge in [-0.2, -0.15) is 0 Å². The van der Waals surface area contributed by atoms with Gasteiger partial charge in [0, 0.05) is 35.8 Å². The maximum absolute atomic E-state index is 12.5. The second-order valence-corrected chi connectivity index (χ2v) is 7.10. The molecule has 1 fully saturated rings. The van der Waals surface area contributed by atoms with Gasteiger partial charge in [0.25, 0.3) is 5.91 Å². The summed E-state index contributed by atoms with van der Waals surface area (Å²) in [6.45, 7) is 2.30. The van der Waals surface area contributed by atoms with Crippen LogP contribution in [0.5, 0.6) is 5.75 Å². The first-order valence-corrected chi connectivity index (χ1v) is 9.89. The SMILES string of the molecule is COc1ccccc1C(=O)Nc1ccc(Nc2ccc(N3CCCC3)cc2)cc1. The molecule has 1 aliphatic rings. The molecule has 29 heavy (non-hydrogen) atoms. The van der Waals surface area contributed by atoms with Crippen molar-refractivity contribution in [1.29, 1.82) is 0 Å². The monoisotopic (exact) mass is 387 g/mol. The van der Waals surface area contributed by atoms with Crippen molar-refractivity contribution in [3.05, 3.63) is 78.4 Å². The van der Waals surface area contributed by atoms with E-state index in [2.05, 4.69) is 39.8 Å². The van der Waals surface area contributed by atoms with E-state index in [4.69, 9.17) is 4.74 Å². The van der Waals surface area contributed by atoms with Crippen LogP contribution < -0.4 is 20.3 Å². The number of para-hydroxylation sites is 1. The zero-order chi connectivity index (χ0) is 20.1. The lowest BCUT2D eigenvalue weighted by Gasteiger charge is -2.18. The largest absolute Gasteiger partial charge is 0.496 e. The van der Waals surface area contributed by atoms with E-state index in [-0.39, 0.29) is 5.91 Å². The molecule has 148 valence electrons. The summed E-state index contributed by atoms with van der Waals surface area (Å²) in [5, 5.41) is 6.31. The van der Waals surface area contributed by atoms with Crippen molar-refractivity contribution in [2.24, 2.45) is 0 Å². The second kappa shape index (κ2) is 8.69. The highest BCUT2D eigenvalue weighted by Crippen LogP contribution is 2.25. The molecule has 2 N–H and O–H groups in total. The minimum absolute atomic E-state index is 0.194. The third-order valence-corrected chi connectivity index (χ3v) is 5.12. The quantitative estimate of drug-likeness (QED) is 0.603. The highest BCUT2D eigenvalue weighted by Gasteiger charge is 2.12. The summed E-state index contributed by atoms with van der Waals surface area (Å²) in [4.78, 5) is 14.9. The van der Waals surface area contributed by atoms with E-state index >= 15 is 0 Å². The molecule has 0 radical (unpaired) electrons. The molecule has 0 spiro atoms. The van der Waals surface area contributed by atoms with E-state index in [1.54, 1.807) is 19.2 Å². The molecule has 5 heteroatoms. The number of amides is 1. The molecule has 3 aromatic carbocycles. The van der Waals surface area contributed by atoms with Crippen LogP contribution in [-0.2, 0) is 0 Å². The van der Waals surface area contributed by atoms with Crippen LogP contribution in [0.15, 0.2) is 72.8 Å². The Kier molecular flexibility index (Phi) is 5.66. The van der Waals surface area contributed by atoms with Gasteiger partial charge >= 0.3 is 0 Å². The number of nitrogens with one attached hydrogen (secondary N) is 2. The summed E-state index contributed by atoms with van der Waals surface area (Å²) in [5.41, 5.74) is 4.53. The Morgan fingerprint density at radius 2 is 1.41 bits per heavy atom. The molecule has 5 nitrogen and oxygen atoms in total. The zero-order valence-corrected chi connectivity index (χ0v) is 16.5. The van der Waals surface area contributed by atoms with Crippen LogP contribution >= 0.6 is 0 Å². The Morgan fingerprint density at radius 1 is 0.828 bits per heavy atom. The molecule has 1 amide bonds. The number of carbonyl (C=O) groups is 1. The summed E-state index contributed by atoms with van der Waals surface area (Å²) in [5.74, 6) is 0.362. The summed E-state index contributed by atoms with van der Waals surface area (Å²) in [7, 11) is 1.56. The van der Waals surface area contributed by atoms with Gasteiger partial charge in [0.2, 0.25) is 0 Å². The summed E-state index contributed by atoms with van der Waals surface area (Å²) in [6, 6.07) is 23.4. The van der Waals surface area contributed by atoms with Crippen molar-refractivity contribution in [1.82, 2.24) is 0 Å². The van der Waals surface area contributed by atoms with Gasteiger partial charge in [-0.3, -0.25) is 4.79 Å². The maximum atomic E-state index is 12.5. The number of methoxy groups -OCH3 is 1. The number of carbonyl (C=O) groups excluding carboxylic acids is 1. The fraction of sp³-hybridized carbons (Fsp3) is 0.208. The van der Waals surface area contributed by atoms with Crippen LogP contribution in [0.1, 0.15) is 23.2 Å². The first-order valence-electron chi connectivity index (χ1n) is 9.89. The lowest BCUT2D eigenvalue weighted by molar-refractivity contribution is 0.102. The lowest BCUT2D eigenvalue weighted by Crippen LogP contribution is -2.17. The number of rotatable bonds is 6. The van der Waals surface area contributed by atoms with E-state index in [9.17, 15) is 4.79 Å². The first-order chi connectivity index (χ1) is 14.2.